The van der Waals surface area contributed by atoms with E-state index in [2.05, 4.69) is 5.32 Å². The van der Waals surface area contributed by atoms with E-state index < -0.39 is 11.5 Å². The molecular weight excluding hydrogens is 564 g/mol. The quantitative estimate of drug-likeness (QED) is 0.176. The Morgan fingerprint density at radius 3 is 2.23 bits per heavy atom. The summed E-state index contributed by atoms with van der Waals surface area (Å²) < 4.78 is 6.16. The first-order valence-electron chi connectivity index (χ1n) is 16.2. The maximum Gasteiger partial charge on any atom is 0.253 e. The molecule has 11 nitrogen and oxygen atoms in total. The van der Waals surface area contributed by atoms with E-state index in [1.807, 2.05) is 30.9 Å². The molecule has 1 aromatic carbocycles. The Kier molecular flexibility index (Phi) is 12.0. The van der Waals surface area contributed by atoms with Crippen LogP contribution in [0.15, 0.2) is 24.3 Å². The van der Waals surface area contributed by atoms with Crippen LogP contribution in [0.1, 0.15) is 94.8 Å². The standard InChI is InChI=1S/C33H50N4O7/c1-33(2,22-34-30(40)20-26(37(43)23-38)19-24-5-3-4-6-24)21-31(41)35-17-13-29(14-18-35)44-28-9-7-25(8-10-28)32(42)36-15-11-27(39)12-16-36/h7-10,23-24,26-27,29,39,43H,3-6,11-22H2,1-2H3,(H,34,40). The van der Waals surface area contributed by atoms with Crippen LogP contribution >= 0.6 is 0 Å². The molecule has 44 heavy (non-hydrogen) atoms. The average molecular weight is 615 g/mol. The molecule has 1 unspecified atom stereocenters. The third-order valence-electron chi connectivity index (χ3n) is 9.33. The number of hydrogen-bond donors (Lipinski definition) is 3. The van der Waals surface area contributed by atoms with Gasteiger partial charge in [0.05, 0.1) is 12.1 Å². The summed E-state index contributed by atoms with van der Waals surface area (Å²) in [6.45, 7) is 6.52. The molecular formula is C33H50N4O7. The van der Waals surface area contributed by atoms with E-state index in [1.54, 1.807) is 17.0 Å². The Morgan fingerprint density at radius 2 is 1.61 bits per heavy atom. The summed E-state index contributed by atoms with van der Waals surface area (Å²) in [6.07, 6.45) is 7.99. The molecule has 4 rings (SSSR count). The number of piperidine rings is 2. The minimum atomic E-state index is -0.542. The van der Waals surface area contributed by atoms with Crippen molar-refractivity contribution in [3.63, 3.8) is 0 Å². The van der Waals surface area contributed by atoms with Gasteiger partial charge in [-0.1, -0.05) is 39.5 Å². The molecule has 1 aliphatic carbocycles. The van der Waals surface area contributed by atoms with E-state index in [9.17, 15) is 29.5 Å². The lowest BCUT2D eigenvalue weighted by Crippen LogP contribution is -2.45. The summed E-state index contributed by atoms with van der Waals surface area (Å²) in [4.78, 5) is 53.4. The predicted octanol–water partition coefficient (Wildman–Crippen LogP) is 3.37. The second kappa shape index (κ2) is 15.7. The Hall–Kier alpha value is -3.18. The van der Waals surface area contributed by atoms with Gasteiger partial charge < -0.3 is 25.0 Å². The SMILES string of the molecule is CC(C)(CNC(=O)CC(CC1CCCC1)N(O)C=O)CC(=O)N1CCC(Oc2ccc(C(=O)N3CCC(O)CC3)cc2)CC1. The van der Waals surface area contributed by atoms with Crippen molar-refractivity contribution < 1.29 is 34.2 Å². The summed E-state index contributed by atoms with van der Waals surface area (Å²) in [5, 5.41) is 23.2. The minimum Gasteiger partial charge on any atom is -0.490 e. The zero-order chi connectivity index (χ0) is 31.7. The number of aliphatic hydroxyl groups is 1. The van der Waals surface area contributed by atoms with Gasteiger partial charge in [-0.05, 0) is 54.9 Å². The van der Waals surface area contributed by atoms with Crippen LogP contribution < -0.4 is 10.1 Å². The lowest BCUT2D eigenvalue weighted by molar-refractivity contribution is -0.163. The van der Waals surface area contributed by atoms with Crippen molar-refractivity contribution in [1.82, 2.24) is 20.2 Å². The number of hydrogen-bond acceptors (Lipinski definition) is 7. The van der Waals surface area contributed by atoms with Crippen LogP contribution in [-0.4, -0.2) is 100 Å². The molecule has 11 heteroatoms. The van der Waals surface area contributed by atoms with Crippen molar-refractivity contribution in [1.29, 1.82) is 0 Å². The maximum atomic E-state index is 13.1. The van der Waals surface area contributed by atoms with Gasteiger partial charge in [0.1, 0.15) is 11.9 Å². The number of nitrogens with zero attached hydrogens (tertiary/aromatic N) is 3. The molecule has 4 amide bonds. The van der Waals surface area contributed by atoms with Gasteiger partial charge in [0.15, 0.2) is 0 Å². The number of amides is 4. The number of aliphatic hydroxyl groups excluding tert-OH is 1. The normalized spacial score (nSPS) is 19.5. The highest BCUT2D eigenvalue weighted by molar-refractivity contribution is 5.94. The molecule has 3 aliphatic rings. The van der Waals surface area contributed by atoms with Crippen molar-refractivity contribution in [2.24, 2.45) is 11.3 Å². The molecule has 1 saturated carbocycles. The predicted molar refractivity (Wildman–Crippen MR) is 164 cm³/mol. The average Bonchev–Trinajstić information content (AvgIpc) is 3.53. The molecule has 2 saturated heterocycles. The van der Waals surface area contributed by atoms with Crippen LogP contribution in [0.25, 0.3) is 0 Å². The molecule has 0 bridgehead atoms. The summed E-state index contributed by atoms with van der Waals surface area (Å²) in [5.41, 5.74) is 0.144. The molecule has 0 spiro atoms. The summed E-state index contributed by atoms with van der Waals surface area (Å²) in [6, 6.07) is 6.64. The zero-order valence-electron chi connectivity index (χ0n) is 26.3. The van der Waals surface area contributed by atoms with Gasteiger partial charge in [-0.25, -0.2) is 5.06 Å². The van der Waals surface area contributed by atoms with E-state index in [0.29, 0.717) is 93.5 Å². The highest BCUT2D eigenvalue weighted by Crippen LogP contribution is 2.30. The second-order valence-corrected chi connectivity index (χ2v) is 13.6. The van der Waals surface area contributed by atoms with Crippen molar-refractivity contribution in [2.45, 2.75) is 103 Å². The van der Waals surface area contributed by atoms with Crippen molar-refractivity contribution in [3.8, 4) is 5.75 Å². The topological polar surface area (TPSA) is 140 Å². The maximum absolute atomic E-state index is 13.1. The Labute approximate surface area is 260 Å². The first-order valence-corrected chi connectivity index (χ1v) is 16.2. The van der Waals surface area contributed by atoms with E-state index in [1.165, 1.54) is 0 Å². The number of ether oxygens (including phenoxy) is 1. The van der Waals surface area contributed by atoms with Gasteiger partial charge in [0, 0.05) is 64.0 Å². The zero-order valence-corrected chi connectivity index (χ0v) is 26.3. The van der Waals surface area contributed by atoms with Gasteiger partial charge >= 0.3 is 0 Å². The number of rotatable bonds is 13. The van der Waals surface area contributed by atoms with Crippen molar-refractivity contribution >= 4 is 24.1 Å². The van der Waals surface area contributed by atoms with Gasteiger partial charge in [0.25, 0.3) is 5.91 Å². The molecule has 1 atom stereocenters. The van der Waals surface area contributed by atoms with Crippen LogP contribution in [0.4, 0.5) is 0 Å². The number of nitrogens with one attached hydrogen (secondary N) is 1. The fourth-order valence-electron chi connectivity index (χ4n) is 6.55. The first-order chi connectivity index (χ1) is 21.0. The third kappa shape index (κ3) is 9.92. The number of likely N-dealkylation sites (tertiary alicyclic amines) is 2. The molecule has 1 aromatic rings. The molecule has 244 valence electrons. The Bertz CT molecular complexity index is 1110. The van der Waals surface area contributed by atoms with E-state index in [4.69, 9.17) is 4.74 Å². The molecule has 0 aromatic heterocycles. The van der Waals surface area contributed by atoms with E-state index in [0.717, 1.165) is 25.7 Å². The molecule has 3 fully saturated rings. The Morgan fingerprint density at radius 1 is 1.00 bits per heavy atom. The number of carbonyl (C=O) groups is 4. The van der Waals surface area contributed by atoms with Gasteiger partial charge in [-0.15, -0.1) is 0 Å². The second-order valence-electron chi connectivity index (χ2n) is 13.6. The van der Waals surface area contributed by atoms with Crippen LogP contribution in [0.3, 0.4) is 0 Å². The fourth-order valence-corrected chi connectivity index (χ4v) is 6.55. The lowest BCUT2D eigenvalue weighted by atomic mass is 9.88. The van der Waals surface area contributed by atoms with Crippen LogP contribution in [0, 0.1) is 11.3 Å². The van der Waals surface area contributed by atoms with Crippen LogP contribution in [0.2, 0.25) is 0 Å². The molecule has 2 heterocycles. The van der Waals surface area contributed by atoms with Crippen LogP contribution in [-0.2, 0) is 14.4 Å². The van der Waals surface area contributed by atoms with Gasteiger partial charge in [-0.2, -0.15) is 0 Å². The summed E-state index contributed by atoms with van der Waals surface area (Å²) in [7, 11) is 0. The first kappa shape index (κ1) is 33.7. The number of benzene rings is 1. The highest BCUT2D eigenvalue weighted by atomic mass is 16.5. The van der Waals surface area contributed by atoms with E-state index >= 15 is 0 Å². The smallest absolute Gasteiger partial charge is 0.253 e. The molecule has 0 radical (unpaired) electrons. The molecule has 2 aliphatic heterocycles. The van der Waals surface area contributed by atoms with Crippen molar-refractivity contribution in [3.05, 3.63) is 29.8 Å². The van der Waals surface area contributed by atoms with Crippen molar-refractivity contribution in [2.75, 3.05) is 32.7 Å². The summed E-state index contributed by atoms with van der Waals surface area (Å²) in [5.74, 6) is 0.883. The third-order valence-corrected chi connectivity index (χ3v) is 9.33. The number of carbonyl (C=O) groups excluding carboxylic acids is 4. The highest BCUT2D eigenvalue weighted by Gasteiger charge is 2.31. The molecule has 3 N–H and O–H groups in total. The van der Waals surface area contributed by atoms with Crippen LogP contribution in [0.5, 0.6) is 5.75 Å². The Balaban J connectivity index is 1.16. The fraction of sp³-hybridized carbons (Fsp3) is 0.697. The number of hydroxylamine groups is 2. The largest absolute Gasteiger partial charge is 0.490 e. The lowest BCUT2D eigenvalue weighted by Gasteiger charge is -2.34. The van der Waals surface area contributed by atoms with Gasteiger partial charge in [0.2, 0.25) is 18.2 Å². The summed E-state index contributed by atoms with van der Waals surface area (Å²) >= 11 is 0. The van der Waals surface area contributed by atoms with E-state index in [-0.39, 0.29) is 42.8 Å². The van der Waals surface area contributed by atoms with Gasteiger partial charge in [-0.3, -0.25) is 24.4 Å². The minimum absolute atomic E-state index is 0.0221. The monoisotopic (exact) mass is 614 g/mol.